The Balaban J connectivity index is 2.38. The summed E-state index contributed by atoms with van der Waals surface area (Å²) in [5.41, 5.74) is 0. The highest BCUT2D eigenvalue weighted by molar-refractivity contribution is 5.13. The number of hydrogen-bond acceptors (Lipinski definition) is 1. The summed E-state index contributed by atoms with van der Waals surface area (Å²) in [4.78, 5) is 0. The van der Waals surface area contributed by atoms with Crippen molar-refractivity contribution in [2.45, 2.75) is 45.6 Å². The highest BCUT2D eigenvalue weighted by Crippen LogP contribution is 2.17. The molecule has 1 aliphatic rings. The molecule has 68 valence electrons. The molecule has 0 aromatic rings. The van der Waals surface area contributed by atoms with Crippen LogP contribution in [0.15, 0.2) is 24.0 Å². The van der Waals surface area contributed by atoms with Crippen LogP contribution in [0.3, 0.4) is 0 Å². The monoisotopic (exact) mass is 166 g/mol. The van der Waals surface area contributed by atoms with Gasteiger partial charge in [0.1, 0.15) is 0 Å². The summed E-state index contributed by atoms with van der Waals surface area (Å²) in [7, 11) is 0. The van der Waals surface area contributed by atoms with Gasteiger partial charge in [0.15, 0.2) is 0 Å². The van der Waals surface area contributed by atoms with Crippen molar-refractivity contribution in [3.05, 3.63) is 24.0 Å². The van der Waals surface area contributed by atoms with Crippen LogP contribution in [-0.4, -0.2) is 6.10 Å². The maximum atomic E-state index is 5.80. The Morgan fingerprint density at radius 2 is 2.17 bits per heavy atom. The lowest BCUT2D eigenvalue weighted by Crippen LogP contribution is -2.10. The highest BCUT2D eigenvalue weighted by Gasteiger charge is 2.07. The smallest absolute Gasteiger partial charge is 0.0977 e. The van der Waals surface area contributed by atoms with Crippen LogP contribution in [0.2, 0.25) is 0 Å². The molecule has 12 heavy (non-hydrogen) atoms. The van der Waals surface area contributed by atoms with Crippen LogP contribution in [-0.2, 0) is 4.74 Å². The molecule has 0 atom stereocenters. The molecule has 0 saturated carbocycles. The largest absolute Gasteiger partial charge is 0.495 e. The molecular weight excluding hydrogens is 148 g/mol. The van der Waals surface area contributed by atoms with Crippen LogP contribution < -0.4 is 0 Å². The van der Waals surface area contributed by atoms with E-state index in [1.54, 1.807) is 0 Å². The maximum Gasteiger partial charge on any atom is 0.0977 e. The van der Waals surface area contributed by atoms with E-state index in [9.17, 15) is 0 Å². The summed E-state index contributed by atoms with van der Waals surface area (Å²) in [5, 5.41) is 0. The molecule has 0 bridgehead atoms. The molecule has 0 spiro atoms. The first kappa shape index (κ1) is 9.37. The highest BCUT2D eigenvalue weighted by atomic mass is 16.5. The van der Waals surface area contributed by atoms with Crippen molar-refractivity contribution in [2.24, 2.45) is 0 Å². The van der Waals surface area contributed by atoms with Gasteiger partial charge in [-0.05, 0) is 25.3 Å². The first-order valence-corrected chi connectivity index (χ1v) is 4.89. The lowest BCUT2D eigenvalue weighted by molar-refractivity contribution is 0.102. The van der Waals surface area contributed by atoms with Crippen molar-refractivity contribution >= 4 is 0 Å². The molecule has 0 fully saturated rings. The Kier molecular flexibility index (Phi) is 3.92. The van der Waals surface area contributed by atoms with E-state index in [-0.39, 0.29) is 0 Å². The number of ether oxygens (including phenoxy) is 1. The van der Waals surface area contributed by atoms with Crippen molar-refractivity contribution in [2.75, 3.05) is 0 Å². The molecule has 0 saturated heterocycles. The molecule has 0 heterocycles. The van der Waals surface area contributed by atoms with Crippen molar-refractivity contribution in [3.63, 3.8) is 0 Å². The summed E-state index contributed by atoms with van der Waals surface area (Å²) in [6.45, 7) is 4.35. The SMILES string of the molecule is CCC(CC)OC1=CC=CCC1. The average molecular weight is 166 g/mol. The molecule has 1 nitrogen and oxygen atoms in total. The maximum absolute atomic E-state index is 5.80. The van der Waals surface area contributed by atoms with Gasteiger partial charge in [0.25, 0.3) is 0 Å². The number of hydrogen-bond donors (Lipinski definition) is 0. The van der Waals surface area contributed by atoms with Gasteiger partial charge >= 0.3 is 0 Å². The van der Waals surface area contributed by atoms with Crippen LogP contribution in [0.4, 0.5) is 0 Å². The predicted molar refractivity (Wildman–Crippen MR) is 51.9 cm³/mol. The van der Waals surface area contributed by atoms with Crippen LogP contribution in [0.5, 0.6) is 0 Å². The third-order valence-electron chi connectivity index (χ3n) is 2.20. The minimum absolute atomic E-state index is 0.419. The zero-order valence-electron chi connectivity index (χ0n) is 8.05. The Morgan fingerprint density at radius 1 is 1.42 bits per heavy atom. The molecule has 0 unspecified atom stereocenters. The molecular formula is C11H18O. The normalized spacial score (nSPS) is 16.4. The second-order valence-electron chi connectivity index (χ2n) is 3.16. The quantitative estimate of drug-likeness (QED) is 0.621. The third-order valence-corrected chi connectivity index (χ3v) is 2.20. The molecule has 0 amide bonds. The number of allylic oxidation sites excluding steroid dienone is 4. The van der Waals surface area contributed by atoms with Gasteiger partial charge in [0.2, 0.25) is 0 Å². The molecule has 1 rings (SSSR count). The van der Waals surface area contributed by atoms with Crippen LogP contribution in [0, 0.1) is 0 Å². The standard InChI is InChI=1S/C11H18O/c1-3-10(4-2)12-11-8-6-5-7-9-11/h5-6,8,10H,3-4,7,9H2,1-2H3. The van der Waals surface area contributed by atoms with Crippen molar-refractivity contribution in [1.29, 1.82) is 0 Å². The van der Waals surface area contributed by atoms with E-state index in [4.69, 9.17) is 4.74 Å². The lowest BCUT2D eigenvalue weighted by atomic mass is 10.1. The summed E-state index contributed by atoms with van der Waals surface area (Å²) in [6, 6.07) is 0. The molecule has 1 aliphatic carbocycles. The van der Waals surface area contributed by atoms with E-state index in [2.05, 4.69) is 32.1 Å². The van der Waals surface area contributed by atoms with Gasteiger partial charge in [-0.25, -0.2) is 0 Å². The zero-order chi connectivity index (χ0) is 8.81. The van der Waals surface area contributed by atoms with Crippen LogP contribution in [0.1, 0.15) is 39.5 Å². The predicted octanol–water partition coefficient (Wildman–Crippen LogP) is 3.43. The van der Waals surface area contributed by atoms with Gasteiger partial charge < -0.3 is 4.74 Å². The van der Waals surface area contributed by atoms with E-state index >= 15 is 0 Å². The first-order chi connectivity index (χ1) is 5.86. The fourth-order valence-corrected chi connectivity index (χ4v) is 1.35. The summed E-state index contributed by atoms with van der Waals surface area (Å²) in [5.74, 6) is 1.16. The Labute approximate surface area is 75.1 Å². The second kappa shape index (κ2) is 5.02. The number of rotatable bonds is 4. The van der Waals surface area contributed by atoms with Gasteiger partial charge in [-0.3, -0.25) is 0 Å². The fourth-order valence-electron chi connectivity index (χ4n) is 1.35. The minimum Gasteiger partial charge on any atom is -0.495 e. The van der Waals surface area contributed by atoms with Crippen LogP contribution >= 0.6 is 0 Å². The zero-order valence-corrected chi connectivity index (χ0v) is 8.05. The summed E-state index contributed by atoms with van der Waals surface area (Å²) in [6.07, 6.45) is 11.2. The molecule has 0 radical (unpaired) electrons. The van der Waals surface area contributed by atoms with Gasteiger partial charge in [-0.2, -0.15) is 0 Å². The Bertz CT molecular complexity index is 175. The molecule has 0 N–H and O–H groups in total. The van der Waals surface area contributed by atoms with Gasteiger partial charge in [0, 0.05) is 6.42 Å². The van der Waals surface area contributed by atoms with Gasteiger partial charge in [-0.15, -0.1) is 0 Å². The molecule has 0 aromatic carbocycles. The van der Waals surface area contributed by atoms with E-state index in [0.717, 1.165) is 31.4 Å². The second-order valence-corrected chi connectivity index (χ2v) is 3.16. The Morgan fingerprint density at radius 3 is 2.67 bits per heavy atom. The first-order valence-electron chi connectivity index (χ1n) is 4.89. The summed E-state index contributed by atoms with van der Waals surface area (Å²) >= 11 is 0. The van der Waals surface area contributed by atoms with E-state index in [1.165, 1.54) is 0 Å². The van der Waals surface area contributed by atoms with Gasteiger partial charge in [-0.1, -0.05) is 26.0 Å². The minimum atomic E-state index is 0.419. The van der Waals surface area contributed by atoms with Crippen molar-refractivity contribution in [1.82, 2.24) is 0 Å². The molecule has 1 heteroatoms. The van der Waals surface area contributed by atoms with E-state index in [1.807, 2.05) is 0 Å². The summed E-state index contributed by atoms with van der Waals surface area (Å²) < 4.78 is 5.80. The van der Waals surface area contributed by atoms with E-state index in [0.29, 0.717) is 6.10 Å². The Hall–Kier alpha value is -0.720. The topological polar surface area (TPSA) is 9.23 Å². The third kappa shape index (κ3) is 2.72. The van der Waals surface area contributed by atoms with Crippen molar-refractivity contribution < 1.29 is 4.74 Å². The van der Waals surface area contributed by atoms with E-state index < -0.39 is 0 Å². The molecule has 0 aliphatic heterocycles. The van der Waals surface area contributed by atoms with Gasteiger partial charge in [0.05, 0.1) is 11.9 Å². The molecule has 0 aromatic heterocycles. The van der Waals surface area contributed by atoms with Crippen LogP contribution in [0.25, 0.3) is 0 Å². The fraction of sp³-hybridized carbons (Fsp3) is 0.636. The average Bonchev–Trinajstić information content (AvgIpc) is 2.16. The lowest BCUT2D eigenvalue weighted by Gasteiger charge is -2.18. The van der Waals surface area contributed by atoms with Crippen molar-refractivity contribution in [3.8, 4) is 0 Å².